The van der Waals surface area contributed by atoms with Crippen LogP contribution in [0.4, 0.5) is 11.4 Å². The van der Waals surface area contributed by atoms with Crippen molar-refractivity contribution in [2.24, 2.45) is 7.05 Å². The number of benzene rings is 1. The number of anilines is 2. The lowest BCUT2D eigenvalue weighted by atomic mass is 9.98. The largest absolute Gasteiger partial charge is 0.352 e. The van der Waals surface area contributed by atoms with Crippen LogP contribution in [-0.4, -0.2) is 9.55 Å². The van der Waals surface area contributed by atoms with Gasteiger partial charge >= 0.3 is 0 Å². The van der Waals surface area contributed by atoms with E-state index in [4.69, 9.17) is 0 Å². The van der Waals surface area contributed by atoms with E-state index in [1.807, 2.05) is 55.8 Å². The topological polar surface area (TPSA) is 64.0 Å². The first kappa shape index (κ1) is 14.8. The maximum Gasteiger partial charge on any atom is 0.250 e. The predicted molar refractivity (Wildman–Crippen MR) is 98.1 cm³/mol. The zero-order chi connectivity index (χ0) is 17.0. The lowest BCUT2D eigenvalue weighted by Gasteiger charge is -2.13. The number of nitrogens with one attached hydrogen (secondary N) is 1. The zero-order valence-electron chi connectivity index (χ0n) is 13.5. The highest BCUT2D eigenvalue weighted by Gasteiger charge is 2.28. The molecule has 120 valence electrons. The minimum atomic E-state index is -0.475. The van der Waals surface area contributed by atoms with Crippen LogP contribution >= 0.6 is 11.3 Å². The Balaban J connectivity index is 1.93. The summed E-state index contributed by atoms with van der Waals surface area (Å²) in [6.07, 6.45) is 0. The van der Waals surface area contributed by atoms with Gasteiger partial charge in [-0.1, -0.05) is 18.2 Å². The lowest BCUT2D eigenvalue weighted by Crippen LogP contribution is -2.35. The Labute approximate surface area is 141 Å². The fourth-order valence-corrected chi connectivity index (χ4v) is 3.95. The van der Waals surface area contributed by atoms with E-state index in [1.54, 1.807) is 11.3 Å². The van der Waals surface area contributed by atoms with Gasteiger partial charge in [0, 0.05) is 24.0 Å². The summed E-state index contributed by atoms with van der Waals surface area (Å²) < 4.78 is 2.03. The van der Waals surface area contributed by atoms with Gasteiger partial charge in [0.2, 0.25) is 5.43 Å². The molecule has 0 saturated heterocycles. The third-order valence-electron chi connectivity index (χ3n) is 4.33. The van der Waals surface area contributed by atoms with E-state index in [2.05, 4.69) is 10.3 Å². The van der Waals surface area contributed by atoms with Gasteiger partial charge in [-0.25, -0.2) is 4.98 Å². The fourth-order valence-electron chi connectivity index (χ4n) is 3.01. The molecule has 0 radical (unpaired) electrons. The van der Waals surface area contributed by atoms with Crippen LogP contribution in [-0.2, 0) is 7.05 Å². The molecule has 0 fully saturated rings. The molecule has 4 aromatic rings. The number of hydrogen-bond acceptors (Lipinski definition) is 5. The monoisotopic (exact) mass is 337 g/mol. The molecule has 0 aliphatic heterocycles. The number of para-hydroxylation sites is 1. The number of hydrogen-bond donors (Lipinski definition) is 1. The quantitative estimate of drug-likeness (QED) is 0.583. The average molecular weight is 337 g/mol. The summed E-state index contributed by atoms with van der Waals surface area (Å²) in [6, 6.07) is 9.38. The van der Waals surface area contributed by atoms with Crippen LogP contribution in [0.3, 0.4) is 0 Å². The van der Waals surface area contributed by atoms with Crippen molar-refractivity contribution in [3.05, 3.63) is 61.5 Å². The van der Waals surface area contributed by atoms with Crippen molar-refractivity contribution in [2.75, 3.05) is 5.32 Å². The van der Waals surface area contributed by atoms with Crippen LogP contribution in [0, 0.1) is 13.8 Å². The van der Waals surface area contributed by atoms with Gasteiger partial charge in [0.1, 0.15) is 16.0 Å². The standard InChI is InChI=1S/C18H15N3O2S/c1-9-12(15-18(21(9)3)24-10(2)19-15)13-14(17(23)16(13)22)20-11-7-5-4-6-8-11/h4-8,20H,1-3H3. The molecule has 2 aromatic carbocycles. The number of aromatic nitrogens is 2. The Hall–Kier alpha value is -2.73. The molecule has 0 atom stereocenters. The Morgan fingerprint density at radius 2 is 1.75 bits per heavy atom. The van der Waals surface area contributed by atoms with Crippen molar-refractivity contribution < 1.29 is 0 Å². The van der Waals surface area contributed by atoms with Gasteiger partial charge in [-0.3, -0.25) is 9.59 Å². The van der Waals surface area contributed by atoms with E-state index in [0.717, 1.165) is 32.3 Å². The van der Waals surface area contributed by atoms with Crippen LogP contribution in [0.25, 0.3) is 21.5 Å². The van der Waals surface area contributed by atoms with Crippen molar-refractivity contribution in [3.8, 4) is 11.1 Å². The maximum absolute atomic E-state index is 12.3. The summed E-state index contributed by atoms with van der Waals surface area (Å²) in [5.41, 5.74) is 3.15. The van der Waals surface area contributed by atoms with Gasteiger partial charge in [0.15, 0.2) is 0 Å². The highest BCUT2D eigenvalue weighted by molar-refractivity contribution is 7.18. The molecular weight excluding hydrogens is 322 g/mol. The van der Waals surface area contributed by atoms with E-state index in [9.17, 15) is 9.59 Å². The minimum absolute atomic E-state index is 0.354. The first-order valence-corrected chi connectivity index (χ1v) is 8.39. The van der Waals surface area contributed by atoms with Crippen LogP contribution in [0.15, 0.2) is 39.9 Å². The number of nitrogens with zero attached hydrogens (tertiary/aromatic N) is 2. The van der Waals surface area contributed by atoms with Crippen molar-refractivity contribution >= 4 is 33.1 Å². The lowest BCUT2D eigenvalue weighted by molar-refractivity contribution is 0.926. The third-order valence-corrected chi connectivity index (χ3v) is 5.37. The van der Waals surface area contributed by atoms with Crippen LogP contribution in [0.2, 0.25) is 0 Å². The Morgan fingerprint density at radius 3 is 2.46 bits per heavy atom. The molecule has 0 aliphatic carbocycles. The summed E-state index contributed by atoms with van der Waals surface area (Å²) in [5, 5.41) is 4.03. The van der Waals surface area contributed by atoms with E-state index >= 15 is 0 Å². The Kier molecular flexibility index (Phi) is 3.18. The summed E-state index contributed by atoms with van der Waals surface area (Å²) >= 11 is 1.59. The second kappa shape index (κ2) is 5.14. The minimum Gasteiger partial charge on any atom is -0.352 e. The molecule has 4 rings (SSSR count). The van der Waals surface area contributed by atoms with Crippen molar-refractivity contribution in [3.63, 3.8) is 0 Å². The molecular formula is C18H15N3O2S. The molecule has 6 heteroatoms. The van der Waals surface area contributed by atoms with E-state index in [0.29, 0.717) is 11.3 Å². The van der Waals surface area contributed by atoms with Gasteiger partial charge in [0.05, 0.1) is 10.6 Å². The van der Waals surface area contributed by atoms with E-state index < -0.39 is 10.9 Å². The zero-order valence-corrected chi connectivity index (χ0v) is 14.3. The second-order valence-corrected chi connectivity index (χ2v) is 6.99. The van der Waals surface area contributed by atoms with E-state index in [1.165, 1.54) is 0 Å². The van der Waals surface area contributed by atoms with Crippen LogP contribution < -0.4 is 16.2 Å². The summed E-state index contributed by atoms with van der Waals surface area (Å²) in [6.45, 7) is 3.89. The third kappa shape index (κ3) is 1.96. The maximum atomic E-state index is 12.3. The number of thiazole rings is 1. The Morgan fingerprint density at radius 1 is 1.04 bits per heavy atom. The first-order valence-electron chi connectivity index (χ1n) is 7.57. The molecule has 0 saturated carbocycles. The Bertz CT molecular complexity index is 1150. The molecule has 0 unspecified atom stereocenters. The molecule has 1 N–H and O–H groups in total. The normalized spacial score (nSPS) is 11.5. The van der Waals surface area contributed by atoms with Crippen LogP contribution in [0.1, 0.15) is 10.7 Å². The smallest absolute Gasteiger partial charge is 0.250 e. The predicted octanol–water partition coefficient (Wildman–Crippen LogP) is 3.26. The van der Waals surface area contributed by atoms with Crippen LogP contribution in [0.5, 0.6) is 0 Å². The van der Waals surface area contributed by atoms with E-state index in [-0.39, 0.29) is 0 Å². The van der Waals surface area contributed by atoms with Crippen molar-refractivity contribution in [1.29, 1.82) is 0 Å². The number of rotatable bonds is 3. The molecule has 2 heterocycles. The molecule has 5 nitrogen and oxygen atoms in total. The molecule has 2 aromatic heterocycles. The summed E-state index contributed by atoms with van der Waals surface area (Å²) in [7, 11) is 1.95. The van der Waals surface area contributed by atoms with Gasteiger partial charge in [-0.2, -0.15) is 0 Å². The van der Waals surface area contributed by atoms with Gasteiger partial charge in [0.25, 0.3) is 5.43 Å². The molecule has 0 amide bonds. The van der Waals surface area contributed by atoms with Gasteiger partial charge in [-0.15, -0.1) is 11.3 Å². The summed E-state index contributed by atoms with van der Waals surface area (Å²) in [5.74, 6) is 0. The van der Waals surface area contributed by atoms with Gasteiger partial charge in [-0.05, 0) is 26.0 Å². The highest BCUT2D eigenvalue weighted by atomic mass is 32.1. The SMILES string of the molecule is Cc1nc2c(-c3c(Nc4ccccc4)c(=O)c3=O)c(C)n(C)c2s1. The fraction of sp³-hybridized carbons (Fsp3) is 0.167. The second-order valence-electron chi connectivity index (χ2n) is 5.81. The molecule has 0 spiro atoms. The molecule has 24 heavy (non-hydrogen) atoms. The van der Waals surface area contributed by atoms with Crippen molar-refractivity contribution in [2.45, 2.75) is 13.8 Å². The highest BCUT2D eigenvalue weighted by Crippen LogP contribution is 2.38. The molecule has 0 bridgehead atoms. The number of aryl methyl sites for hydroxylation is 2. The summed E-state index contributed by atoms with van der Waals surface area (Å²) in [4.78, 5) is 30.0. The number of fused-ring (bicyclic) bond motifs is 1. The van der Waals surface area contributed by atoms with Gasteiger partial charge < -0.3 is 9.88 Å². The average Bonchev–Trinajstić information content (AvgIpc) is 3.07. The van der Waals surface area contributed by atoms with Crippen molar-refractivity contribution in [1.82, 2.24) is 9.55 Å². The first-order chi connectivity index (χ1) is 11.5. The molecule has 0 aliphatic rings.